The van der Waals surface area contributed by atoms with E-state index in [2.05, 4.69) is 31.9 Å². The number of carboxylic acid groups (broad SMARTS) is 3. The molecule has 0 radical (unpaired) electrons. The molecule has 384 valence electrons. The van der Waals surface area contributed by atoms with E-state index in [1.807, 2.05) is 0 Å². The molecule has 22 heteroatoms. The van der Waals surface area contributed by atoms with Gasteiger partial charge in [-0.1, -0.05) is 90.4 Å². The van der Waals surface area contributed by atoms with Crippen LogP contribution in [-0.2, 0) is 60.8 Å². The maximum absolute atomic E-state index is 14.4. The van der Waals surface area contributed by atoms with Crippen molar-refractivity contribution in [2.75, 3.05) is 6.54 Å². The van der Waals surface area contributed by atoms with Crippen LogP contribution in [0.25, 0.3) is 0 Å². The summed E-state index contributed by atoms with van der Waals surface area (Å²) < 4.78 is 0. The first-order chi connectivity index (χ1) is 32.9. The standard InChI is InChI=1S/C48H68N8O14/c1-7-27(6)40(55-41(62)31(49)24-37(60)61)46(67)52-34(23-29-15-17-30(57)18-16-29)44(65)51-33(22-28-12-9-8-10-13-28)43(64)50-32(19-20-36(58)59)42(63)53-38(25(2)3)45(66)54-39(26(4)5)47(68)56-21-11-14-35(56)48(69)70/h8-10,12-13,15-18,25-27,31-35,38-40,57H,7,11,14,19-24,49H2,1-6H3,(H,50,64)(H,51,65)(H,52,67)(H,53,63)(H,54,66)(H,55,62)(H,58,59)(H,60,61)(H,69,70)/t27-,31-,32-,33-,34-,35-,38-,39-,40-/m0/s1. The van der Waals surface area contributed by atoms with Gasteiger partial charge in [0.2, 0.25) is 41.4 Å². The third-order valence-electron chi connectivity index (χ3n) is 12.0. The van der Waals surface area contributed by atoms with Crippen molar-refractivity contribution in [1.29, 1.82) is 0 Å². The third kappa shape index (κ3) is 17.5. The number of hydrogen-bond donors (Lipinski definition) is 11. The highest BCUT2D eigenvalue weighted by molar-refractivity contribution is 5.98. The molecule has 0 unspecified atom stereocenters. The van der Waals surface area contributed by atoms with Crippen LogP contribution < -0.4 is 37.6 Å². The highest BCUT2D eigenvalue weighted by Gasteiger charge is 2.41. The summed E-state index contributed by atoms with van der Waals surface area (Å²) in [5.41, 5.74) is 6.77. The summed E-state index contributed by atoms with van der Waals surface area (Å²) in [5, 5.41) is 54.0. The predicted octanol–water partition coefficient (Wildman–Crippen LogP) is 0.187. The minimum absolute atomic E-state index is 0.0875. The van der Waals surface area contributed by atoms with Crippen molar-refractivity contribution in [3.8, 4) is 5.75 Å². The SMILES string of the molecule is CC[C@H](C)[C@H](NC(=O)[C@@H](N)CC(=O)O)C(=O)N[C@@H](Cc1ccc(O)cc1)C(=O)N[C@@H](Cc1ccccc1)C(=O)N[C@@H](CCC(=O)O)C(=O)N[C@H](C(=O)N[C@H](C(=O)N1CCC[C@H]1C(=O)O)C(C)C)C(C)C. The summed E-state index contributed by atoms with van der Waals surface area (Å²) in [4.78, 5) is 134. The lowest BCUT2D eigenvalue weighted by Gasteiger charge is -2.32. The van der Waals surface area contributed by atoms with Crippen LogP contribution in [0.4, 0.5) is 0 Å². The number of phenols is 1. The number of aliphatic carboxylic acids is 3. The van der Waals surface area contributed by atoms with Crippen LogP contribution in [0.5, 0.6) is 5.75 Å². The lowest BCUT2D eigenvalue weighted by Crippen LogP contribution is -2.62. The van der Waals surface area contributed by atoms with Crippen molar-refractivity contribution in [2.24, 2.45) is 23.5 Å². The van der Waals surface area contributed by atoms with E-state index in [-0.39, 0.29) is 31.6 Å². The monoisotopic (exact) mass is 980 g/mol. The zero-order chi connectivity index (χ0) is 52.4. The smallest absolute Gasteiger partial charge is 0.326 e. The highest BCUT2D eigenvalue weighted by Crippen LogP contribution is 2.21. The first kappa shape index (κ1) is 57.2. The number of aromatic hydroxyl groups is 1. The number of carbonyl (C=O) groups excluding carboxylic acids is 7. The molecule has 2 aromatic carbocycles. The number of nitrogens with zero attached hydrogens (tertiary/aromatic N) is 1. The third-order valence-corrected chi connectivity index (χ3v) is 12.0. The molecule has 12 N–H and O–H groups in total. The molecule has 0 aromatic heterocycles. The van der Waals surface area contributed by atoms with Gasteiger partial charge in [0.1, 0.15) is 48.0 Å². The van der Waals surface area contributed by atoms with E-state index in [0.29, 0.717) is 24.0 Å². The molecule has 1 saturated heterocycles. The number of hydrogen-bond acceptors (Lipinski definition) is 12. The van der Waals surface area contributed by atoms with Gasteiger partial charge in [0.25, 0.3) is 0 Å². The average molecular weight is 981 g/mol. The van der Waals surface area contributed by atoms with E-state index < -0.39 is 145 Å². The van der Waals surface area contributed by atoms with Crippen molar-refractivity contribution in [2.45, 2.75) is 141 Å². The van der Waals surface area contributed by atoms with Crippen molar-refractivity contribution in [3.05, 3.63) is 65.7 Å². The van der Waals surface area contributed by atoms with Crippen LogP contribution in [0.1, 0.15) is 91.2 Å². The fourth-order valence-electron chi connectivity index (χ4n) is 7.73. The van der Waals surface area contributed by atoms with Gasteiger partial charge in [-0.25, -0.2) is 4.79 Å². The van der Waals surface area contributed by atoms with E-state index in [0.717, 1.165) is 0 Å². The molecule has 22 nitrogen and oxygen atoms in total. The van der Waals surface area contributed by atoms with Gasteiger partial charge in [0.15, 0.2) is 0 Å². The Hall–Kier alpha value is -7.10. The summed E-state index contributed by atoms with van der Waals surface area (Å²) in [6.45, 7) is 10.1. The van der Waals surface area contributed by atoms with Crippen LogP contribution in [0.15, 0.2) is 54.6 Å². The van der Waals surface area contributed by atoms with E-state index in [9.17, 15) is 63.3 Å². The first-order valence-corrected chi connectivity index (χ1v) is 23.3. The Kier molecular flexibility index (Phi) is 22.2. The predicted molar refractivity (Wildman–Crippen MR) is 252 cm³/mol. The van der Waals surface area contributed by atoms with Crippen LogP contribution in [0.2, 0.25) is 0 Å². The number of phenolic OH excluding ortho intramolecular Hbond substituents is 1. The second kappa shape index (κ2) is 27.2. The molecule has 0 aliphatic carbocycles. The normalized spacial score (nSPS) is 16.8. The Labute approximate surface area is 406 Å². The minimum atomic E-state index is -1.60. The molecule has 1 aliphatic rings. The number of rotatable bonds is 27. The van der Waals surface area contributed by atoms with Gasteiger partial charge in [0.05, 0.1) is 12.5 Å². The molecule has 1 heterocycles. The Morgan fingerprint density at radius 3 is 1.61 bits per heavy atom. The van der Waals surface area contributed by atoms with Crippen molar-refractivity contribution < 1.29 is 68.4 Å². The van der Waals surface area contributed by atoms with Crippen molar-refractivity contribution in [1.82, 2.24) is 36.8 Å². The molecule has 0 saturated carbocycles. The zero-order valence-electron chi connectivity index (χ0n) is 40.3. The lowest BCUT2D eigenvalue weighted by atomic mass is 9.96. The molecular weight excluding hydrogens is 913 g/mol. The topological polar surface area (TPSA) is 353 Å². The van der Waals surface area contributed by atoms with E-state index in [1.54, 1.807) is 71.9 Å². The number of amides is 7. The maximum atomic E-state index is 14.4. The molecule has 0 bridgehead atoms. The number of carboxylic acids is 3. The van der Waals surface area contributed by atoms with Gasteiger partial charge in [-0.15, -0.1) is 0 Å². The number of nitrogens with two attached hydrogens (primary N) is 1. The van der Waals surface area contributed by atoms with Gasteiger partial charge < -0.3 is 63.0 Å². The van der Waals surface area contributed by atoms with Gasteiger partial charge in [0, 0.05) is 25.8 Å². The van der Waals surface area contributed by atoms with Gasteiger partial charge in [-0.05, 0) is 60.3 Å². The van der Waals surface area contributed by atoms with Gasteiger partial charge in [-0.2, -0.15) is 0 Å². The molecule has 0 spiro atoms. The minimum Gasteiger partial charge on any atom is -0.508 e. The second-order valence-corrected chi connectivity index (χ2v) is 18.2. The van der Waals surface area contributed by atoms with Crippen LogP contribution in [0, 0.1) is 17.8 Å². The average Bonchev–Trinajstić information content (AvgIpc) is 3.80. The maximum Gasteiger partial charge on any atom is 0.326 e. The summed E-state index contributed by atoms with van der Waals surface area (Å²) in [6.07, 6.45) is -1.14. The molecule has 1 fully saturated rings. The van der Waals surface area contributed by atoms with Crippen molar-refractivity contribution >= 4 is 59.3 Å². The molecular formula is C48H68N8O14. The van der Waals surface area contributed by atoms with E-state index in [4.69, 9.17) is 10.8 Å². The number of likely N-dealkylation sites (tertiary alicyclic amines) is 1. The fraction of sp³-hybridized carbons (Fsp3) is 0.542. The Bertz CT molecular complexity index is 2170. The quantitative estimate of drug-likeness (QED) is 0.0569. The van der Waals surface area contributed by atoms with Gasteiger partial charge >= 0.3 is 17.9 Å². The second-order valence-electron chi connectivity index (χ2n) is 18.2. The highest BCUT2D eigenvalue weighted by atomic mass is 16.4. The van der Waals surface area contributed by atoms with E-state index >= 15 is 0 Å². The summed E-state index contributed by atoms with van der Waals surface area (Å²) in [5.74, 6) is -11.6. The lowest BCUT2D eigenvalue weighted by molar-refractivity contribution is -0.150. The number of carbonyl (C=O) groups is 10. The van der Waals surface area contributed by atoms with Crippen LogP contribution in [0.3, 0.4) is 0 Å². The molecule has 2 aromatic rings. The molecule has 7 amide bonds. The molecule has 3 rings (SSSR count). The molecule has 9 atom stereocenters. The molecule has 1 aliphatic heterocycles. The number of nitrogens with one attached hydrogen (secondary N) is 6. The number of benzene rings is 2. The van der Waals surface area contributed by atoms with Gasteiger partial charge in [-0.3, -0.25) is 43.2 Å². The summed E-state index contributed by atoms with van der Waals surface area (Å²) in [7, 11) is 0. The molecule has 70 heavy (non-hydrogen) atoms. The Balaban J connectivity index is 1.96. The first-order valence-electron chi connectivity index (χ1n) is 23.3. The zero-order valence-corrected chi connectivity index (χ0v) is 40.3. The van der Waals surface area contributed by atoms with Crippen LogP contribution >= 0.6 is 0 Å². The summed E-state index contributed by atoms with van der Waals surface area (Å²) >= 11 is 0. The van der Waals surface area contributed by atoms with Crippen molar-refractivity contribution in [3.63, 3.8) is 0 Å². The largest absolute Gasteiger partial charge is 0.508 e. The fourth-order valence-corrected chi connectivity index (χ4v) is 7.73. The van der Waals surface area contributed by atoms with Crippen LogP contribution in [-0.4, -0.2) is 139 Å². The Morgan fingerprint density at radius 2 is 1.10 bits per heavy atom. The Morgan fingerprint density at radius 1 is 0.614 bits per heavy atom. The summed E-state index contributed by atoms with van der Waals surface area (Å²) in [6, 6.07) is 3.19. The van der Waals surface area contributed by atoms with E-state index in [1.165, 1.54) is 29.2 Å².